The van der Waals surface area contributed by atoms with Crippen molar-refractivity contribution < 1.29 is 9.53 Å². The van der Waals surface area contributed by atoms with Crippen molar-refractivity contribution in [1.29, 1.82) is 0 Å². The molecule has 1 aromatic carbocycles. The van der Waals surface area contributed by atoms with Gasteiger partial charge in [-0.3, -0.25) is 5.10 Å². The lowest BCUT2D eigenvalue weighted by Crippen LogP contribution is -2.32. The third kappa shape index (κ3) is 4.75. The van der Waals surface area contributed by atoms with Gasteiger partial charge in [-0.25, -0.2) is 9.78 Å². The Morgan fingerprint density at radius 1 is 1.33 bits per heavy atom. The first-order valence-electron chi connectivity index (χ1n) is 6.47. The Morgan fingerprint density at radius 2 is 2.00 bits per heavy atom. The molecule has 1 heterocycles. The van der Waals surface area contributed by atoms with Crippen LogP contribution in [0.15, 0.2) is 24.3 Å². The highest BCUT2D eigenvalue weighted by Gasteiger charge is 2.16. The van der Waals surface area contributed by atoms with Crippen LogP contribution in [0.5, 0.6) is 0 Å². The van der Waals surface area contributed by atoms with Crippen LogP contribution in [-0.2, 0) is 11.3 Å². The fourth-order valence-electron chi connectivity index (χ4n) is 1.57. The number of halogens is 1. The number of ether oxygens (including phenoxy) is 1. The number of aromatic nitrogens is 3. The number of aromatic amines is 1. The van der Waals surface area contributed by atoms with Gasteiger partial charge in [0.15, 0.2) is 5.82 Å². The Labute approximate surface area is 127 Å². The smallest absolute Gasteiger partial charge is 0.408 e. The molecule has 0 radical (unpaired) electrons. The normalized spacial score (nSPS) is 11.2. The van der Waals surface area contributed by atoms with Crippen LogP contribution in [0.25, 0.3) is 11.4 Å². The van der Waals surface area contributed by atoms with E-state index in [0.29, 0.717) is 16.7 Å². The second-order valence-corrected chi connectivity index (χ2v) is 5.90. The van der Waals surface area contributed by atoms with Gasteiger partial charge in [0.05, 0.1) is 6.54 Å². The average Bonchev–Trinajstić information content (AvgIpc) is 2.84. The maximum Gasteiger partial charge on any atom is 0.408 e. The van der Waals surface area contributed by atoms with E-state index in [1.807, 2.05) is 12.1 Å². The van der Waals surface area contributed by atoms with E-state index in [1.54, 1.807) is 32.9 Å². The molecule has 0 saturated carbocycles. The van der Waals surface area contributed by atoms with Crippen LogP contribution in [0.4, 0.5) is 4.79 Å². The van der Waals surface area contributed by atoms with E-state index in [0.717, 1.165) is 5.56 Å². The second-order valence-electron chi connectivity index (χ2n) is 5.47. The number of hydrogen-bond acceptors (Lipinski definition) is 4. The molecule has 1 amide bonds. The summed E-state index contributed by atoms with van der Waals surface area (Å²) in [5, 5.41) is 10.1. The van der Waals surface area contributed by atoms with Gasteiger partial charge in [-0.15, -0.1) is 0 Å². The third-order valence-electron chi connectivity index (χ3n) is 2.43. The molecular weight excluding hydrogens is 292 g/mol. The molecule has 6 nitrogen and oxygen atoms in total. The Kier molecular flexibility index (Phi) is 4.47. The van der Waals surface area contributed by atoms with Crippen molar-refractivity contribution in [3.05, 3.63) is 35.1 Å². The van der Waals surface area contributed by atoms with Crippen molar-refractivity contribution >= 4 is 17.7 Å². The summed E-state index contributed by atoms with van der Waals surface area (Å²) in [4.78, 5) is 15.8. The van der Waals surface area contributed by atoms with Crippen LogP contribution >= 0.6 is 11.6 Å². The minimum absolute atomic E-state index is 0.218. The van der Waals surface area contributed by atoms with Crippen LogP contribution in [0.2, 0.25) is 5.02 Å². The van der Waals surface area contributed by atoms with Crippen LogP contribution in [0.1, 0.15) is 26.6 Å². The Hall–Kier alpha value is -2.08. The lowest BCUT2D eigenvalue weighted by molar-refractivity contribution is 0.0522. The van der Waals surface area contributed by atoms with E-state index in [1.165, 1.54) is 0 Å². The highest BCUT2D eigenvalue weighted by atomic mass is 35.5. The Bertz CT molecular complexity index is 617. The summed E-state index contributed by atoms with van der Waals surface area (Å²) in [6.07, 6.45) is -0.494. The van der Waals surface area contributed by atoms with E-state index in [9.17, 15) is 4.79 Å². The van der Waals surface area contributed by atoms with Crippen molar-refractivity contribution in [3.8, 4) is 11.4 Å². The van der Waals surface area contributed by atoms with Crippen LogP contribution in [0, 0.1) is 0 Å². The molecule has 2 rings (SSSR count). The quantitative estimate of drug-likeness (QED) is 0.912. The number of carbonyl (C=O) groups is 1. The lowest BCUT2D eigenvalue weighted by Gasteiger charge is -2.19. The average molecular weight is 309 g/mol. The molecule has 1 aromatic heterocycles. The van der Waals surface area contributed by atoms with Gasteiger partial charge >= 0.3 is 6.09 Å². The number of benzene rings is 1. The molecule has 0 bridgehead atoms. The van der Waals surface area contributed by atoms with Gasteiger partial charge in [0, 0.05) is 10.6 Å². The molecule has 0 spiro atoms. The molecule has 112 valence electrons. The first-order chi connectivity index (χ1) is 9.83. The van der Waals surface area contributed by atoms with Gasteiger partial charge in [-0.05, 0) is 45.0 Å². The molecule has 2 N–H and O–H groups in total. The summed E-state index contributed by atoms with van der Waals surface area (Å²) < 4.78 is 5.14. The number of amides is 1. The number of rotatable bonds is 3. The fraction of sp³-hybridized carbons (Fsp3) is 0.357. The number of nitrogens with one attached hydrogen (secondary N) is 2. The predicted molar refractivity (Wildman–Crippen MR) is 79.9 cm³/mol. The summed E-state index contributed by atoms with van der Waals surface area (Å²) in [6, 6.07) is 7.20. The lowest BCUT2D eigenvalue weighted by atomic mass is 10.2. The zero-order valence-electron chi connectivity index (χ0n) is 12.1. The Morgan fingerprint density at radius 3 is 2.62 bits per heavy atom. The van der Waals surface area contributed by atoms with Gasteiger partial charge in [-0.2, -0.15) is 5.10 Å². The van der Waals surface area contributed by atoms with Crippen molar-refractivity contribution in [3.63, 3.8) is 0 Å². The molecule has 0 unspecified atom stereocenters. The Balaban J connectivity index is 1.94. The number of alkyl carbamates (subject to hydrolysis) is 1. The van der Waals surface area contributed by atoms with Crippen LogP contribution in [-0.4, -0.2) is 26.9 Å². The van der Waals surface area contributed by atoms with Gasteiger partial charge in [0.1, 0.15) is 11.4 Å². The van der Waals surface area contributed by atoms with Gasteiger partial charge in [0.2, 0.25) is 0 Å². The highest BCUT2D eigenvalue weighted by molar-refractivity contribution is 6.30. The first kappa shape index (κ1) is 15.3. The van der Waals surface area contributed by atoms with Gasteiger partial charge in [0.25, 0.3) is 0 Å². The summed E-state index contributed by atoms with van der Waals surface area (Å²) in [5.74, 6) is 1.10. The van der Waals surface area contributed by atoms with E-state index >= 15 is 0 Å². The first-order valence-corrected chi connectivity index (χ1v) is 6.85. The summed E-state index contributed by atoms with van der Waals surface area (Å²) >= 11 is 5.83. The summed E-state index contributed by atoms with van der Waals surface area (Å²) in [7, 11) is 0. The zero-order chi connectivity index (χ0) is 15.5. The van der Waals surface area contributed by atoms with Crippen LogP contribution < -0.4 is 5.32 Å². The van der Waals surface area contributed by atoms with Crippen molar-refractivity contribution in [2.75, 3.05) is 0 Å². The topological polar surface area (TPSA) is 79.9 Å². The molecule has 21 heavy (non-hydrogen) atoms. The standard InChI is InChI=1S/C14H17ClN4O2/c1-14(2,3)21-13(20)16-8-11-17-12(19-18-11)9-4-6-10(15)7-5-9/h4-7H,8H2,1-3H3,(H,16,20)(H,17,18,19). The second kappa shape index (κ2) is 6.13. The largest absolute Gasteiger partial charge is 0.444 e. The number of carbonyl (C=O) groups excluding carboxylic acids is 1. The van der Waals surface area contributed by atoms with Crippen LogP contribution in [0.3, 0.4) is 0 Å². The highest BCUT2D eigenvalue weighted by Crippen LogP contribution is 2.17. The number of hydrogen-bond donors (Lipinski definition) is 2. The maximum absolute atomic E-state index is 11.5. The zero-order valence-corrected chi connectivity index (χ0v) is 12.9. The molecule has 0 aliphatic rings. The molecule has 2 aromatic rings. The van der Waals surface area contributed by atoms with E-state index in [4.69, 9.17) is 16.3 Å². The van der Waals surface area contributed by atoms with E-state index in [2.05, 4.69) is 20.5 Å². The maximum atomic E-state index is 11.5. The number of nitrogens with zero attached hydrogens (tertiary/aromatic N) is 2. The SMILES string of the molecule is CC(C)(C)OC(=O)NCc1nc(-c2ccc(Cl)cc2)n[nH]1. The predicted octanol–water partition coefficient (Wildman–Crippen LogP) is 3.15. The monoisotopic (exact) mass is 308 g/mol. The van der Waals surface area contributed by atoms with Gasteiger partial charge < -0.3 is 10.1 Å². The minimum atomic E-state index is -0.528. The third-order valence-corrected chi connectivity index (χ3v) is 2.69. The van der Waals surface area contributed by atoms with E-state index in [-0.39, 0.29) is 6.54 Å². The summed E-state index contributed by atoms with van der Waals surface area (Å²) in [5.41, 5.74) is 0.319. The summed E-state index contributed by atoms with van der Waals surface area (Å²) in [6.45, 7) is 5.63. The number of H-pyrrole nitrogens is 1. The molecule has 0 fully saturated rings. The van der Waals surface area contributed by atoms with Crippen molar-refractivity contribution in [2.24, 2.45) is 0 Å². The van der Waals surface area contributed by atoms with Crippen molar-refractivity contribution in [2.45, 2.75) is 32.9 Å². The molecule has 0 aliphatic carbocycles. The van der Waals surface area contributed by atoms with E-state index < -0.39 is 11.7 Å². The molecule has 0 atom stereocenters. The molecule has 0 aliphatic heterocycles. The molecular formula is C14H17ClN4O2. The molecule has 0 saturated heterocycles. The molecule has 7 heteroatoms. The van der Waals surface area contributed by atoms with Crippen molar-refractivity contribution in [1.82, 2.24) is 20.5 Å². The fourth-order valence-corrected chi connectivity index (χ4v) is 1.70. The van der Waals surface area contributed by atoms with Gasteiger partial charge in [-0.1, -0.05) is 11.6 Å². The minimum Gasteiger partial charge on any atom is -0.444 e.